The van der Waals surface area contributed by atoms with Crippen molar-refractivity contribution >= 4 is 23.8 Å². The Morgan fingerprint density at radius 3 is 2.07 bits per heavy atom. The monoisotopic (exact) mass is 386 g/mol. The third-order valence-electron chi connectivity index (χ3n) is 3.93. The molecule has 1 aromatic carbocycles. The first kappa shape index (κ1) is 22.0. The van der Waals surface area contributed by atoms with Gasteiger partial charge in [0.25, 0.3) is 0 Å². The number of amides is 2. The fraction of sp³-hybridized carbons (Fsp3) is 0.412. The molecular formula is C17H20F2N2O6. The molecule has 10 heteroatoms. The van der Waals surface area contributed by atoms with Gasteiger partial charge in [-0.05, 0) is 17.7 Å². The lowest BCUT2D eigenvalue weighted by molar-refractivity contribution is -0.162. The maximum Gasteiger partial charge on any atom is 0.320 e. The lowest BCUT2D eigenvalue weighted by Gasteiger charge is -2.26. The molecule has 0 saturated carbocycles. The molecule has 0 aliphatic rings. The van der Waals surface area contributed by atoms with Crippen LogP contribution in [-0.4, -0.2) is 44.0 Å². The van der Waals surface area contributed by atoms with Gasteiger partial charge in [-0.2, -0.15) is 0 Å². The zero-order chi connectivity index (χ0) is 20.7. The van der Waals surface area contributed by atoms with Crippen molar-refractivity contribution in [3.05, 3.63) is 35.4 Å². The predicted octanol–water partition coefficient (Wildman–Crippen LogP) is 0.0757. The standard InChI is InChI=1S/C17H20F2N2O6/c1-8(13(16(24)26-2)17(25)27-3)14(15(20)23)21-12(22)7-9-4-5-10(18)11(19)6-9/h4-6,8,13-14H,7H2,1-3H3,(H2,20,23)(H,21,22)/t8-,14-/m1/s1. The topological polar surface area (TPSA) is 125 Å². The van der Waals surface area contributed by atoms with E-state index in [0.29, 0.717) is 0 Å². The van der Waals surface area contributed by atoms with Crippen LogP contribution in [0.2, 0.25) is 0 Å². The number of methoxy groups -OCH3 is 2. The zero-order valence-electron chi connectivity index (χ0n) is 15.0. The number of hydrogen-bond donors (Lipinski definition) is 2. The highest BCUT2D eigenvalue weighted by molar-refractivity contribution is 5.97. The Bertz CT molecular complexity index is 724. The predicted molar refractivity (Wildman–Crippen MR) is 87.9 cm³/mol. The van der Waals surface area contributed by atoms with Crippen molar-refractivity contribution < 1.29 is 37.4 Å². The SMILES string of the molecule is COC(=O)C(C(=O)OC)[C@@H](C)[C@@H](NC(=O)Cc1ccc(F)c(F)c1)C(N)=O. The number of hydrogen-bond acceptors (Lipinski definition) is 6. The number of carbonyl (C=O) groups is 4. The van der Waals surface area contributed by atoms with Crippen LogP contribution in [0.25, 0.3) is 0 Å². The van der Waals surface area contributed by atoms with Crippen LogP contribution in [0.5, 0.6) is 0 Å². The van der Waals surface area contributed by atoms with E-state index >= 15 is 0 Å². The van der Waals surface area contributed by atoms with Crippen molar-refractivity contribution in [2.45, 2.75) is 19.4 Å². The van der Waals surface area contributed by atoms with Crippen molar-refractivity contribution in [2.24, 2.45) is 17.6 Å². The molecule has 0 aliphatic carbocycles. The summed E-state index contributed by atoms with van der Waals surface area (Å²) < 4.78 is 35.2. The van der Waals surface area contributed by atoms with Crippen LogP contribution in [0.15, 0.2) is 18.2 Å². The Labute approximate surface area is 154 Å². The van der Waals surface area contributed by atoms with Crippen LogP contribution in [0.4, 0.5) is 8.78 Å². The summed E-state index contributed by atoms with van der Waals surface area (Å²) in [5.41, 5.74) is 5.43. The fourth-order valence-electron chi connectivity index (χ4n) is 2.49. The maximum atomic E-state index is 13.2. The number of rotatable bonds is 8. The number of nitrogens with one attached hydrogen (secondary N) is 1. The molecule has 0 fully saturated rings. The Morgan fingerprint density at radius 2 is 1.63 bits per heavy atom. The minimum atomic E-state index is -1.50. The first-order valence-corrected chi connectivity index (χ1v) is 7.80. The fourth-order valence-corrected chi connectivity index (χ4v) is 2.49. The Morgan fingerprint density at radius 1 is 1.07 bits per heavy atom. The molecule has 0 aliphatic heterocycles. The second-order valence-electron chi connectivity index (χ2n) is 5.76. The summed E-state index contributed by atoms with van der Waals surface area (Å²) in [5, 5.41) is 2.29. The number of ether oxygens (including phenoxy) is 2. The van der Waals surface area contributed by atoms with E-state index in [1.807, 2.05) is 0 Å². The zero-order valence-corrected chi connectivity index (χ0v) is 15.0. The molecule has 27 heavy (non-hydrogen) atoms. The second kappa shape index (κ2) is 9.60. The van der Waals surface area contributed by atoms with Gasteiger partial charge in [0.1, 0.15) is 6.04 Å². The van der Waals surface area contributed by atoms with E-state index in [1.165, 1.54) is 13.0 Å². The number of carbonyl (C=O) groups excluding carboxylic acids is 4. The lowest BCUT2D eigenvalue weighted by atomic mass is 9.86. The highest BCUT2D eigenvalue weighted by Crippen LogP contribution is 2.20. The summed E-state index contributed by atoms with van der Waals surface area (Å²) in [4.78, 5) is 47.6. The molecule has 0 bridgehead atoms. The summed E-state index contributed by atoms with van der Waals surface area (Å²) in [6, 6.07) is 1.48. The third-order valence-corrected chi connectivity index (χ3v) is 3.93. The molecule has 2 atom stereocenters. The van der Waals surface area contributed by atoms with Crippen molar-refractivity contribution in [3.63, 3.8) is 0 Å². The minimum absolute atomic E-state index is 0.153. The van der Waals surface area contributed by atoms with Crippen LogP contribution in [0, 0.1) is 23.5 Å². The van der Waals surface area contributed by atoms with Crippen LogP contribution >= 0.6 is 0 Å². The molecule has 0 spiro atoms. The number of nitrogens with two attached hydrogens (primary N) is 1. The van der Waals surface area contributed by atoms with Gasteiger partial charge in [-0.25, -0.2) is 8.78 Å². The second-order valence-corrected chi connectivity index (χ2v) is 5.76. The number of benzene rings is 1. The van der Waals surface area contributed by atoms with Gasteiger partial charge in [0.05, 0.1) is 20.6 Å². The first-order valence-electron chi connectivity index (χ1n) is 7.80. The lowest BCUT2D eigenvalue weighted by Crippen LogP contribution is -2.53. The van der Waals surface area contributed by atoms with Crippen LogP contribution < -0.4 is 11.1 Å². The van der Waals surface area contributed by atoms with Gasteiger partial charge in [0, 0.05) is 5.92 Å². The van der Waals surface area contributed by atoms with Gasteiger partial charge in [-0.15, -0.1) is 0 Å². The maximum absolute atomic E-state index is 13.2. The van der Waals surface area contributed by atoms with Crippen molar-refractivity contribution in [1.82, 2.24) is 5.32 Å². The summed E-state index contributed by atoms with van der Waals surface area (Å²) in [6.45, 7) is 1.34. The summed E-state index contributed by atoms with van der Waals surface area (Å²) in [7, 11) is 2.10. The average molecular weight is 386 g/mol. The van der Waals surface area contributed by atoms with Gasteiger partial charge >= 0.3 is 11.9 Å². The van der Waals surface area contributed by atoms with Gasteiger partial charge in [-0.1, -0.05) is 13.0 Å². The molecule has 148 valence electrons. The Kier molecular flexibility index (Phi) is 7.82. The Hall–Kier alpha value is -3.04. The minimum Gasteiger partial charge on any atom is -0.468 e. The molecule has 0 radical (unpaired) electrons. The summed E-state index contributed by atoms with van der Waals surface area (Å²) in [5.74, 6) is -8.45. The molecule has 0 saturated heterocycles. The summed E-state index contributed by atoms with van der Waals surface area (Å²) in [6.07, 6.45) is -0.380. The molecule has 0 unspecified atom stereocenters. The summed E-state index contributed by atoms with van der Waals surface area (Å²) >= 11 is 0. The normalized spacial score (nSPS) is 12.8. The van der Waals surface area contributed by atoms with E-state index < -0.39 is 53.3 Å². The quantitative estimate of drug-likeness (QED) is 0.481. The van der Waals surface area contributed by atoms with Gasteiger partial charge in [0.15, 0.2) is 17.6 Å². The van der Waals surface area contributed by atoms with Crippen LogP contribution in [0.3, 0.4) is 0 Å². The molecular weight excluding hydrogens is 366 g/mol. The first-order chi connectivity index (χ1) is 12.6. The van der Waals surface area contributed by atoms with Gasteiger partial charge < -0.3 is 20.5 Å². The van der Waals surface area contributed by atoms with E-state index in [4.69, 9.17) is 5.73 Å². The number of esters is 2. The molecule has 2 amide bonds. The molecule has 8 nitrogen and oxygen atoms in total. The number of primary amides is 1. The van der Waals surface area contributed by atoms with Crippen molar-refractivity contribution in [1.29, 1.82) is 0 Å². The van der Waals surface area contributed by atoms with E-state index in [0.717, 1.165) is 26.4 Å². The third kappa shape index (κ3) is 5.73. The smallest absolute Gasteiger partial charge is 0.320 e. The number of halogens is 2. The largest absolute Gasteiger partial charge is 0.468 e. The van der Waals surface area contributed by atoms with Crippen LogP contribution in [-0.2, 0) is 35.1 Å². The Balaban J connectivity index is 2.97. The molecule has 1 rings (SSSR count). The van der Waals surface area contributed by atoms with Gasteiger partial charge in [0.2, 0.25) is 11.8 Å². The van der Waals surface area contributed by atoms with Gasteiger partial charge in [-0.3, -0.25) is 19.2 Å². The average Bonchev–Trinajstić information content (AvgIpc) is 2.62. The van der Waals surface area contributed by atoms with Crippen LogP contribution in [0.1, 0.15) is 12.5 Å². The molecule has 0 aromatic heterocycles. The van der Waals surface area contributed by atoms with E-state index in [-0.39, 0.29) is 12.0 Å². The van der Waals surface area contributed by atoms with Crippen molar-refractivity contribution in [3.8, 4) is 0 Å². The molecule has 0 heterocycles. The highest BCUT2D eigenvalue weighted by atomic mass is 19.2. The van der Waals surface area contributed by atoms with E-state index in [9.17, 15) is 28.0 Å². The van der Waals surface area contributed by atoms with E-state index in [1.54, 1.807) is 0 Å². The van der Waals surface area contributed by atoms with E-state index in [2.05, 4.69) is 14.8 Å². The highest BCUT2D eigenvalue weighted by Gasteiger charge is 2.41. The molecule has 1 aromatic rings. The molecule has 3 N–H and O–H groups in total. The van der Waals surface area contributed by atoms with Crippen molar-refractivity contribution in [2.75, 3.05) is 14.2 Å².